The Morgan fingerprint density at radius 2 is 1.09 bits per heavy atom. The zero-order valence-corrected chi connectivity index (χ0v) is 43.9. The summed E-state index contributed by atoms with van der Waals surface area (Å²) in [6.45, 7) is 14.2. The summed E-state index contributed by atoms with van der Waals surface area (Å²) in [4.78, 5) is 38.5. The Labute approximate surface area is 424 Å². The molecular formula is C55H68Cl2N4O8S. The van der Waals surface area contributed by atoms with Gasteiger partial charge in [-0.3, -0.25) is 14.2 Å². The van der Waals surface area contributed by atoms with E-state index < -0.39 is 21.3 Å². The number of hydrogen-bond acceptors (Lipinski definition) is 10. The molecule has 376 valence electrons. The van der Waals surface area contributed by atoms with Crippen molar-refractivity contribution in [3.05, 3.63) is 128 Å². The number of halogens is 2. The molecule has 15 heteroatoms. The van der Waals surface area contributed by atoms with Crippen LogP contribution in [0.4, 0.5) is 9.59 Å². The summed E-state index contributed by atoms with van der Waals surface area (Å²) in [5, 5.41) is 10.8. The second-order valence-electron chi connectivity index (χ2n) is 20.8. The first-order valence-corrected chi connectivity index (χ1v) is 27.1. The number of aliphatic hydroxyl groups excluding tert-OH is 1. The molecule has 70 heavy (non-hydrogen) atoms. The topological polar surface area (TPSA) is 148 Å². The Morgan fingerprint density at radius 1 is 0.671 bits per heavy atom. The molecule has 1 N–H and O–H groups in total. The highest BCUT2D eigenvalue weighted by atomic mass is 35.5. The Hall–Kier alpha value is -4.79. The van der Waals surface area contributed by atoms with Crippen molar-refractivity contribution < 1.29 is 36.8 Å². The molecule has 2 aromatic carbocycles. The number of nitrogens with zero attached hydrogens (tertiary/aromatic N) is 4. The third-order valence-corrected chi connectivity index (χ3v) is 14.3. The van der Waals surface area contributed by atoms with Crippen molar-refractivity contribution in [2.75, 3.05) is 45.6 Å². The highest BCUT2D eigenvalue weighted by molar-refractivity contribution is 7.85. The third kappa shape index (κ3) is 13.8. The van der Waals surface area contributed by atoms with Crippen molar-refractivity contribution in [1.29, 1.82) is 0 Å². The van der Waals surface area contributed by atoms with Gasteiger partial charge in [0.05, 0.1) is 24.3 Å². The maximum absolute atomic E-state index is 12.6. The van der Waals surface area contributed by atoms with Crippen LogP contribution in [0.15, 0.2) is 73.1 Å². The van der Waals surface area contributed by atoms with Crippen LogP contribution in [0.1, 0.15) is 150 Å². The van der Waals surface area contributed by atoms with Gasteiger partial charge in [-0.05, 0) is 198 Å². The van der Waals surface area contributed by atoms with E-state index in [0.29, 0.717) is 61.4 Å². The summed E-state index contributed by atoms with van der Waals surface area (Å²) < 4.78 is 38.9. The van der Waals surface area contributed by atoms with E-state index in [9.17, 15) is 23.1 Å². The van der Waals surface area contributed by atoms with E-state index in [0.717, 1.165) is 83.1 Å². The molecule has 4 aliphatic rings. The number of pyridine rings is 2. The molecule has 4 heterocycles. The van der Waals surface area contributed by atoms with Crippen molar-refractivity contribution in [2.24, 2.45) is 11.8 Å². The van der Waals surface area contributed by atoms with E-state index in [2.05, 4.69) is 42.5 Å². The van der Waals surface area contributed by atoms with E-state index in [-0.39, 0.29) is 43.2 Å². The summed E-state index contributed by atoms with van der Waals surface area (Å²) in [6.07, 6.45) is 14.7. The van der Waals surface area contributed by atoms with Gasteiger partial charge in [0, 0.05) is 67.1 Å². The van der Waals surface area contributed by atoms with Crippen LogP contribution in [-0.4, -0.2) is 102 Å². The van der Waals surface area contributed by atoms with Gasteiger partial charge in [-0.15, -0.1) is 0 Å². The second-order valence-corrected chi connectivity index (χ2v) is 23.3. The number of aromatic nitrogens is 2. The number of carbonyl (C=O) groups is 2. The number of benzene rings is 2. The molecule has 0 spiro atoms. The van der Waals surface area contributed by atoms with E-state index in [1.165, 1.54) is 11.1 Å². The third-order valence-electron chi connectivity index (χ3n) is 13.2. The highest BCUT2D eigenvalue weighted by Crippen LogP contribution is 2.47. The molecular weight excluding hydrogens is 948 g/mol. The summed E-state index contributed by atoms with van der Waals surface area (Å²) in [5.74, 6) is 0.804. The molecule has 2 amide bonds. The minimum atomic E-state index is -3.48. The predicted molar refractivity (Wildman–Crippen MR) is 278 cm³/mol. The number of likely N-dealkylation sites (tertiary alicyclic amines) is 2. The summed E-state index contributed by atoms with van der Waals surface area (Å²) in [5.41, 5.74) is 10.1. The lowest BCUT2D eigenvalue weighted by molar-refractivity contribution is 0.0167. The van der Waals surface area contributed by atoms with Crippen LogP contribution in [0.3, 0.4) is 0 Å². The Kier molecular flexibility index (Phi) is 17.2. The molecule has 4 aromatic rings. The Balaban J connectivity index is 0.000000208. The van der Waals surface area contributed by atoms with E-state index >= 15 is 0 Å². The van der Waals surface area contributed by atoms with Gasteiger partial charge in [-0.25, -0.2) is 9.59 Å². The van der Waals surface area contributed by atoms with E-state index in [4.69, 9.17) is 46.8 Å². The van der Waals surface area contributed by atoms with Crippen LogP contribution in [-0.2, 0) is 23.8 Å². The average molecular weight is 1020 g/mol. The van der Waals surface area contributed by atoms with Crippen LogP contribution >= 0.6 is 23.2 Å². The number of rotatable bonds is 10. The van der Waals surface area contributed by atoms with Gasteiger partial charge < -0.3 is 24.4 Å². The number of allylic oxidation sites excluding steroid dienone is 2. The van der Waals surface area contributed by atoms with Gasteiger partial charge in [0.15, 0.2) is 0 Å². The van der Waals surface area contributed by atoms with Crippen molar-refractivity contribution in [1.82, 2.24) is 19.8 Å². The molecule has 0 radical (unpaired) electrons. The van der Waals surface area contributed by atoms with Gasteiger partial charge in [0.2, 0.25) is 0 Å². The van der Waals surface area contributed by atoms with Crippen molar-refractivity contribution in [3.8, 4) is 0 Å². The quantitative estimate of drug-likeness (QED) is 0.120. The Bertz CT molecular complexity index is 2680. The number of piperidine rings is 2. The van der Waals surface area contributed by atoms with E-state index in [1.54, 1.807) is 4.90 Å². The first-order chi connectivity index (χ1) is 33.2. The maximum Gasteiger partial charge on any atom is 0.410 e. The smallest absolute Gasteiger partial charge is 0.410 e. The fourth-order valence-electron chi connectivity index (χ4n) is 10.2. The second kappa shape index (κ2) is 22.7. The van der Waals surface area contributed by atoms with Gasteiger partial charge in [-0.2, -0.15) is 8.42 Å². The maximum atomic E-state index is 12.6. The first-order valence-electron chi connectivity index (χ1n) is 24.5. The molecule has 0 bridgehead atoms. The molecule has 2 fully saturated rings. The SMILES string of the molecule is CC(C)(C)OC(=O)N1CCC(C2c3ccc(Cl)cc3C(CCCO)=Cc3cccnc32)CC1.CC(C)(C)OC(=O)N1CCC(C2c3ccc(Cl)cc3C(CCCOS(C)(=O)=O)=Cc3cccnc32)CC1. The van der Waals surface area contributed by atoms with Gasteiger partial charge in [0.25, 0.3) is 10.1 Å². The molecule has 2 aliphatic heterocycles. The monoisotopic (exact) mass is 1010 g/mol. The molecule has 2 saturated heterocycles. The Morgan fingerprint density at radius 3 is 1.47 bits per heavy atom. The van der Waals surface area contributed by atoms with Crippen molar-refractivity contribution >= 4 is 68.8 Å². The normalized spacial score (nSPS) is 18.6. The number of aliphatic hydroxyl groups is 1. The molecule has 0 saturated carbocycles. The number of hydrogen-bond donors (Lipinski definition) is 1. The molecule has 2 aromatic heterocycles. The number of amides is 2. The number of fused-ring (bicyclic) bond motifs is 4. The molecule has 2 unspecified atom stereocenters. The fraction of sp³-hybridized carbons (Fsp3) is 0.491. The van der Waals surface area contributed by atoms with Crippen LogP contribution in [0.5, 0.6) is 0 Å². The first kappa shape index (κ1) is 53.0. The summed E-state index contributed by atoms with van der Waals surface area (Å²) in [6, 6.07) is 20.3. The molecule has 2 atom stereocenters. The zero-order chi connectivity index (χ0) is 50.4. The minimum absolute atomic E-state index is 0.0465. The largest absolute Gasteiger partial charge is 0.444 e. The van der Waals surface area contributed by atoms with E-state index in [1.807, 2.05) is 89.2 Å². The molecule has 8 rings (SSSR count). The fourth-order valence-corrected chi connectivity index (χ4v) is 11.0. The minimum Gasteiger partial charge on any atom is -0.444 e. The standard InChI is InChI=1S/C28H35ClN2O5S.C27H33ClN2O3/c1-28(2,3)36-27(32)31-14-11-19(12-15-31)25-23-10-9-22(29)18-24(23)20(8-6-16-35-37(4,33)34)17-21-7-5-13-30-26(21)25;1-27(2,3)33-26(32)30-13-10-18(11-14-30)24-22-9-8-21(28)17-23(22)19(7-5-15-31)16-20-6-4-12-29-25(20)24/h5,7,9-10,13,17-19,25H,6,8,11-12,14-16H2,1-4H3;4,6,8-9,12,16-18,24,31H,5,7,10-11,13-15H2,1-3H3. The summed E-state index contributed by atoms with van der Waals surface area (Å²) >= 11 is 12.9. The molecule has 2 aliphatic carbocycles. The number of ether oxygens (including phenoxy) is 2. The van der Waals surface area contributed by atoms with Gasteiger partial charge in [-0.1, -0.05) is 47.5 Å². The lowest BCUT2D eigenvalue weighted by Crippen LogP contribution is -2.42. The van der Waals surface area contributed by atoms with Crippen LogP contribution in [0.2, 0.25) is 10.0 Å². The lowest BCUT2D eigenvalue weighted by Gasteiger charge is -2.37. The zero-order valence-electron chi connectivity index (χ0n) is 41.5. The van der Waals surface area contributed by atoms with Crippen LogP contribution < -0.4 is 0 Å². The number of carbonyl (C=O) groups excluding carboxylic acids is 2. The predicted octanol–water partition coefficient (Wildman–Crippen LogP) is 12.3. The highest BCUT2D eigenvalue weighted by Gasteiger charge is 2.38. The lowest BCUT2D eigenvalue weighted by atomic mass is 9.76. The van der Waals surface area contributed by atoms with Crippen molar-refractivity contribution in [3.63, 3.8) is 0 Å². The summed E-state index contributed by atoms with van der Waals surface area (Å²) in [7, 11) is -3.48. The van der Waals surface area contributed by atoms with Gasteiger partial charge >= 0.3 is 12.2 Å². The van der Waals surface area contributed by atoms with Crippen LogP contribution in [0, 0.1) is 11.8 Å². The van der Waals surface area contributed by atoms with Crippen LogP contribution in [0.25, 0.3) is 23.3 Å². The van der Waals surface area contributed by atoms with Crippen molar-refractivity contribution in [2.45, 2.75) is 116 Å². The van der Waals surface area contributed by atoms with Gasteiger partial charge in [0.1, 0.15) is 11.2 Å². The average Bonchev–Trinajstić information content (AvgIpc) is 3.52. The molecule has 12 nitrogen and oxygen atoms in total.